The van der Waals surface area contributed by atoms with E-state index in [1.54, 1.807) is 17.8 Å². The number of fused-ring (bicyclic) bond motifs is 4. The fourth-order valence-electron chi connectivity index (χ4n) is 4.75. The fraction of sp³-hybridized carbons (Fsp3) is 0.304. The molecule has 2 aliphatic heterocycles. The summed E-state index contributed by atoms with van der Waals surface area (Å²) in [7, 11) is 0. The number of pyridine rings is 1. The van der Waals surface area contributed by atoms with Crippen LogP contribution in [0.4, 0.5) is 0 Å². The van der Waals surface area contributed by atoms with E-state index in [2.05, 4.69) is 30.5 Å². The Bertz CT molecular complexity index is 1100. The standard InChI is InChI=1S/C23H22N2O2S2/c1-28-18-6-4-16(5-7-18)19-8-9-21(26)25-13-15-11-17(22(19)25)14-24(12-15)23(27)20-3-2-10-29-20/h2-10,15,17H,11-14H2,1H3/t15-,17+/m0/s1. The number of carbonyl (C=O) groups is 1. The molecule has 148 valence electrons. The Morgan fingerprint density at radius 3 is 2.62 bits per heavy atom. The van der Waals surface area contributed by atoms with Gasteiger partial charge in [-0.3, -0.25) is 9.59 Å². The van der Waals surface area contributed by atoms with Gasteiger partial charge < -0.3 is 9.47 Å². The quantitative estimate of drug-likeness (QED) is 0.581. The highest BCUT2D eigenvalue weighted by Gasteiger charge is 2.38. The van der Waals surface area contributed by atoms with Crippen molar-refractivity contribution in [3.63, 3.8) is 0 Å². The molecule has 1 saturated heterocycles. The molecular weight excluding hydrogens is 400 g/mol. The van der Waals surface area contributed by atoms with Gasteiger partial charge in [0.25, 0.3) is 11.5 Å². The lowest BCUT2D eigenvalue weighted by Crippen LogP contribution is -2.49. The third-order valence-corrected chi connectivity index (χ3v) is 7.61. The van der Waals surface area contributed by atoms with Crippen LogP contribution >= 0.6 is 23.1 Å². The number of hydrogen-bond donors (Lipinski definition) is 0. The number of thioether (sulfide) groups is 1. The number of amides is 1. The highest BCUT2D eigenvalue weighted by atomic mass is 32.2. The van der Waals surface area contributed by atoms with Crippen molar-refractivity contribution in [2.24, 2.45) is 5.92 Å². The van der Waals surface area contributed by atoms with Crippen LogP contribution in [0.25, 0.3) is 11.1 Å². The van der Waals surface area contributed by atoms with Crippen molar-refractivity contribution < 1.29 is 4.79 Å². The van der Waals surface area contributed by atoms with Crippen molar-refractivity contribution in [1.82, 2.24) is 9.47 Å². The first-order valence-corrected chi connectivity index (χ1v) is 12.0. The molecule has 2 aromatic heterocycles. The van der Waals surface area contributed by atoms with E-state index < -0.39 is 0 Å². The molecule has 0 radical (unpaired) electrons. The van der Waals surface area contributed by atoms with Crippen molar-refractivity contribution in [2.45, 2.75) is 23.8 Å². The van der Waals surface area contributed by atoms with Crippen molar-refractivity contribution in [1.29, 1.82) is 0 Å². The maximum Gasteiger partial charge on any atom is 0.263 e. The molecule has 0 unspecified atom stereocenters. The minimum atomic E-state index is 0.0669. The molecule has 0 N–H and O–H groups in total. The average molecular weight is 423 g/mol. The lowest BCUT2D eigenvalue weighted by Gasteiger charge is -2.43. The lowest BCUT2D eigenvalue weighted by atomic mass is 9.80. The predicted octanol–water partition coefficient (Wildman–Crippen LogP) is 4.56. The summed E-state index contributed by atoms with van der Waals surface area (Å²) in [5.41, 5.74) is 3.41. The first-order valence-electron chi connectivity index (χ1n) is 9.85. The van der Waals surface area contributed by atoms with Crippen LogP contribution in [0.5, 0.6) is 0 Å². The molecule has 4 nitrogen and oxygen atoms in total. The molecule has 0 aliphatic carbocycles. The molecule has 0 saturated carbocycles. The van der Waals surface area contributed by atoms with Gasteiger partial charge in [-0.2, -0.15) is 0 Å². The van der Waals surface area contributed by atoms with E-state index >= 15 is 0 Å². The van der Waals surface area contributed by atoms with Gasteiger partial charge in [0, 0.05) is 47.8 Å². The van der Waals surface area contributed by atoms with Gasteiger partial charge in [0.1, 0.15) is 0 Å². The largest absolute Gasteiger partial charge is 0.337 e. The molecule has 1 amide bonds. The molecule has 29 heavy (non-hydrogen) atoms. The first kappa shape index (κ1) is 18.7. The summed E-state index contributed by atoms with van der Waals surface area (Å²) < 4.78 is 1.96. The van der Waals surface area contributed by atoms with E-state index in [0.717, 1.165) is 34.7 Å². The summed E-state index contributed by atoms with van der Waals surface area (Å²) in [6, 6.07) is 16.0. The number of piperidine rings is 1. The monoisotopic (exact) mass is 422 g/mol. The molecule has 3 aromatic rings. The first-order chi connectivity index (χ1) is 14.1. The highest BCUT2D eigenvalue weighted by Crippen LogP contribution is 2.40. The second kappa shape index (κ2) is 7.50. The SMILES string of the molecule is CSc1ccc(-c2ccc(=O)n3c2[C@@H]2C[C@@H](CN(C(=O)c4cccs4)C2)C3)cc1. The smallest absolute Gasteiger partial charge is 0.263 e. The van der Waals surface area contributed by atoms with Crippen LogP contribution in [0.15, 0.2) is 63.6 Å². The molecule has 4 heterocycles. The maximum absolute atomic E-state index is 13.0. The van der Waals surface area contributed by atoms with Crippen LogP contribution in [0.1, 0.15) is 27.7 Å². The number of likely N-dealkylation sites (tertiary alicyclic amines) is 1. The van der Waals surface area contributed by atoms with Crippen LogP contribution in [0.2, 0.25) is 0 Å². The molecule has 1 aromatic carbocycles. The van der Waals surface area contributed by atoms with Gasteiger partial charge >= 0.3 is 0 Å². The number of nitrogens with zero attached hydrogens (tertiary/aromatic N) is 2. The molecule has 5 rings (SSSR count). The summed E-state index contributed by atoms with van der Waals surface area (Å²) in [4.78, 5) is 29.6. The Kier molecular flexibility index (Phi) is 4.84. The van der Waals surface area contributed by atoms with Crippen LogP contribution in [-0.4, -0.2) is 34.7 Å². The number of thiophene rings is 1. The van der Waals surface area contributed by atoms with E-state index in [4.69, 9.17) is 0 Å². The summed E-state index contributed by atoms with van der Waals surface area (Å²) in [6.45, 7) is 2.09. The molecule has 6 heteroatoms. The van der Waals surface area contributed by atoms with E-state index in [1.807, 2.05) is 33.0 Å². The predicted molar refractivity (Wildman–Crippen MR) is 119 cm³/mol. The maximum atomic E-state index is 13.0. The zero-order valence-corrected chi connectivity index (χ0v) is 17.8. The molecular formula is C23H22N2O2S2. The highest BCUT2D eigenvalue weighted by molar-refractivity contribution is 7.98. The third kappa shape index (κ3) is 3.34. The Hall–Kier alpha value is -2.31. The molecule has 0 spiro atoms. The Labute approximate surface area is 178 Å². The Morgan fingerprint density at radius 2 is 1.90 bits per heavy atom. The van der Waals surface area contributed by atoms with Crippen LogP contribution in [0.3, 0.4) is 0 Å². The second-order valence-corrected chi connectivity index (χ2v) is 9.62. The van der Waals surface area contributed by atoms with E-state index in [1.165, 1.54) is 16.2 Å². The molecule has 2 aliphatic rings. The zero-order valence-electron chi connectivity index (χ0n) is 16.2. The number of hydrogen-bond acceptors (Lipinski definition) is 4. The normalized spacial score (nSPS) is 20.4. The summed E-state index contributed by atoms with van der Waals surface area (Å²) in [5, 5.41) is 1.95. The van der Waals surface area contributed by atoms with E-state index in [9.17, 15) is 9.59 Å². The van der Waals surface area contributed by atoms with Crippen LogP contribution in [-0.2, 0) is 6.54 Å². The van der Waals surface area contributed by atoms with Gasteiger partial charge in [-0.15, -0.1) is 23.1 Å². The number of carbonyl (C=O) groups excluding carboxylic acids is 1. The molecule has 2 bridgehead atoms. The third-order valence-electron chi connectivity index (χ3n) is 6.01. The van der Waals surface area contributed by atoms with E-state index in [-0.39, 0.29) is 17.4 Å². The van der Waals surface area contributed by atoms with Gasteiger partial charge in [-0.05, 0) is 53.8 Å². The number of rotatable bonds is 3. The van der Waals surface area contributed by atoms with Gasteiger partial charge in [0.2, 0.25) is 0 Å². The average Bonchev–Trinajstić information content (AvgIpc) is 3.29. The zero-order chi connectivity index (χ0) is 20.0. The molecule has 2 atom stereocenters. The second-order valence-electron chi connectivity index (χ2n) is 7.80. The van der Waals surface area contributed by atoms with Crippen molar-refractivity contribution >= 4 is 29.0 Å². The van der Waals surface area contributed by atoms with Gasteiger partial charge in [-0.1, -0.05) is 18.2 Å². The van der Waals surface area contributed by atoms with E-state index in [0.29, 0.717) is 19.0 Å². The number of aromatic nitrogens is 1. The van der Waals surface area contributed by atoms with Crippen molar-refractivity contribution in [3.8, 4) is 11.1 Å². The topological polar surface area (TPSA) is 42.3 Å². The Morgan fingerprint density at radius 1 is 1.07 bits per heavy atom. The van der Waals surface area contributed by atoms with Crippen LogP contribution < -0.4 is 5.56 Å². The summed E-state index contributed by atoms with van der Waals surface area (Å²) >= 11 is 3.22. The van der Waals surface area contributed by atoms with Gasteiger partial charge in [0.05, 0.1) is 4.88 Å². The van der Waals surface area contributed by atoms with Crippen molar-refractivity contribution in [3.05, 3.63) is 74.8 Å². The summed E-state index contributed by atoms with van der Waals surface area (Å²) in [5.74, 6) is 0.639. The molecule has 1 fully saturated rings. The lowest BCUT2D eigenvalue weighted by molar-refractivity contribution is 0.0600. The van der Waals surface area contributed by atoms with Crippen molar-refractivity contribution in [2.75, 3.05) is 19.3 Å². The van der Waals surface area contributed by atoms with Gasteiger partial charge in [0.15, 0.2) is 0 Å². The number of benzene rings is 1. The Balaban J connectivity index is 1.54. The minimum Gasteiger partial charge on any atom is -0.337 e. The summed E-state index contributed by atoms with van der Waals surface area (Å²) in [6.07, 6.45) is 3.11. The van der Waals surface area contributed by atoms with Gasteiger partial charge in [-0.25, -0.2) is 0 Å². The fourth-order valence-corrected chi connectivity index (χ4v) is 5.85. The minimum absolute atomic E-state index is 0.0669. The van der Waals surface area contributed by atoms with Crippen LogP contribution in [0, 0.1) is 5.92 Å².